The number of hydrogen-bond donors (Lipinski definition) is 1. The van der Waals surface area contributed by atoms with E-state index < -0.39 is 23.6 Å². The fourth-order valence-electron chi connectivity index (χ4n) is 2.32. The van der Waals surface area contributed by atoms with Gasteiger partial charge in [-0.25, -0.2) is 4.79 Å². The van der Waals surface area contributed by atoms with E-state index in [9.17, 15) is 14.7 Å². The molecule has 0 aromatic carbocycles. The van der Waals surface area contributed by atoms with Crippen LogP contribution in [0.2, 0.25) is 0 Å². The molecule has 0 saturated carbocycles. The van der Waals surface area contributed by atoms with Crippen molar-refractivity contribution in [3.8, 4) is 0 Å². The lowest BCUT2D eigenvalue weighted by molar-refractivity contribution is -0.141. The summed E-state index contributed by atoms with van der Waals surface area (Å²) in [6.07, 6.45) is 1.02. The number of carboxylic acids is 1. The quantitative estimate of drug-likeness (QED) is 0.899. The molecule has 0 unspecified atom stereocenters. The molecular weight excluding hydrogens is 262 g/mol. The Morgan fingerprint density at radius 3 is 2.60 bits per heavy atom. The maximum absolute atomic E-state index is 12.0. The van der Waals surface area contributed by atoms with E-state index in [2.05, 4.69) is 0 Å². The zero-order valence-electron chi connectivity index (χ0n) is 11.8. The number of likely N-dealkylation sites (tertiary alicyclic amines) is 1. The number of carbonyl (C=O) groups excluding carboxylic acids is 1. The van der Waals surface area contributed by atoms with Crippen molar-refractivity contribution in [2.24, 2.45) is 5.92 Å². The minimum atomic E-state index is -0.933. The number of amides is 1. The van der Waals surface area contributed by atoms with Crippen LogP contribution in [0.3, 0.4) is 0 Å². The predicted molar refractivity (Wildman–Crippen MR) is 70.4 cm³/mol. The largest absolute Gasteiger partial charge is 0.481 e. The fourth-order valence-corrected chi connectivity index (χ4v) is 2.32. The highest BCUT2D eigenvalue weighted by atomic mass is 16.6. The van der Waals surface area contributed by atoms with Gasteiger partial charge in [-0.2, -0.15) is 0 Å². The van der Waals surface area contributed by atoms with Crippen molar-refractivity contribution in [2.45, 2.75) is 32.3 Å². The van der Waals surface area contributed by atoms with Gasteiger partial charge < -0.3 is 19.2 Å². The van der Waals surface area contributed by atoms with Gasteiger partial charge in [-0.3, -0.25) is 4.79 Å². The van der Waals surface area contributed by atoms with Crippen LogP contribution in [0.5, 0.6) is 0 Å². The Bertz CT molecular complexity index is 488. The van der Waals surface area contributed by atoms with Crippen molar-refractivity contribution < 1.29 is 23.8 Å². The smallest absolute Gasteiger partial charge is 0.410 e. The van der Waals surface area contributed by atoms with Crippen molar-refractivity contribution in [3.63, 3.8) is 0 Å². The molecule has 6 nitrogen and oxygen atoms in total. The Morgan fingerprint density at radius 1 is 1.40 bits per heavy atom. The van der Waals surface area contributed by atoms with E-state index in [-0.39, 0.29) is 12.5 Å². The minimum absolute atomic E-state index is 0.135. The molecule has 1 aliphatic heterocycles. The summed E-state index contributed by atoms with van der Waals surface area (Å²) >= 11 is 0. The van der Waals surface area contributed by atoms with Crippen LogP contribution in [0.4, 0.5) is 4.79 Å². The first kappa shape index (κ1) is 14.4. The molecule has 6 heteroatoms. The van der Waals surface area contributed by atoms with Crippen molar-refractivity contribution in [3.05, 3.63) is 24.2 Å². The molecule has 1 fully saturated rings. The molecule has 20 heavy (non-hydrogen) atoms. The van der Waals surface area contributed by atoms with Gasteiger partial charge in [-0.15, -0.1) is 0 Å². The number of nitrogens with zero attached hydrogens (tertiary/aromatic N) is 1. The van der Waals surface area contributed by atoms with Crippen LogP contribution in [-0.4, -0.2) is 40.8 Å². The van der Waals surface area contributed by atoms with E-state index in [1.807, 2.05) is 0 Å². The highest BCUT2D eigenvalue weighted by Gasteiger charge is 2.43. The van der Waals surface area contributed by atoms with Gasteiger partial charge in [0.15, 0.2) is 0 Å². The summed E-state index contributed by atoms with van der Waals surface area (Å²) in [7, 11) is 0. The fraction of sp³-hybridized carbons (Fsp3) is 0.571. The third kappa shape index (κ3) is 3.12. The van der Waals surface area contributed by atoms with Gasteiger partial charge in [-0.1, -0.05) is 0 Å². The Hall–Kier alpha value is -1.98. The van der Waals surface area contributed by atoms with E-state index in [1.54, 1.807) is 32.9 Å². The van der Waals surface area contributed by atoms with E-state index in [0.717, 1.165) is 0 Å². The molecule has 0 radical (unpaired) electrons. The summed E-state index contributed by atoms with van der Waals surface area (Å²) in [6.45, 7) is 5.76. The monoisotopic (exact) mass is 281 g/mol. The molecule has 1 aliphatic rings. The molecule has 0 aliphatic carbocycles. The van der Waals surface area contributed by atoms with E-state index >= 15 is 0 Å². The Labute approximate surface area is 117 Å². The van der Waals surface area contributed by atoms with Crippen LogP contribution in [0.25, 0.3) is 0 Å². The average Bonchev–Trinajstić information content (AvgIpc) is 2.95. The summed E-state index contributed by atoms with van der Waals surface area (Å²) in [5, 5.41) is 9.29. The van der Waals surface area contributed by atoms with Crippen LogP contribution < -0.4 is 0 Å². The molecule has 0 spiro atoms. The number of carbonyl (C=O) groups is 2. The first-order chi connectivity index (χ1) is 9.28. The summed E-state index contributed by atoms with van der Waals surface area (Å²) < 4.78 is 10.6. The number of ether oxygens (including phenoxy) is 1. The lowest BCUT2D eigenvalue weighted by Crippen LogP contribution is -2.35. The average molecular weight is 281 g/mol. The molecule has 1 N–H and O–H groups in total. The third-order valence-electron chi connectivity index (χ3n) is 3.20. The van der Waals surface area contributed by atoms with Gasteiger partial charge in [-0.05, 0) is 32.9 Å². The molecule has 0 bridgehead atoms. The van der Waals surface area contributed by atoms with Crippen LogP contribution in [0, 0.1) is 5.92 Å². The summed E-state index contributed by atoms with van der Waals surface area (Å²) in [5.41, 5.74) is -0.599. The van der Waals surface area contributed by atoms with Gasteiger partial charge in [0.05, 0.1) is 12.2 Å². The van der Waals surface area contributed by atoms with E-state index in [1.165, 1.54) is 11.2 Å². The second kappa shape index (κ2) is 5.19. The lowest BCUT2D eigenvalue weighted by atomic mass is 9.94. The zero-order chi connectivity index (χ0) is 14.9. The Morgan fingerprint density at radius 2 is 2.10 bits per heavy atom. The molecule has 2 heterocycles. The topological polar surface area (TPSA) is 80.0 Å². The second-order valence-electron chi connectivity index (χ2n) is 5.95. The molecule has 1 saturated heterocycles. The van der Waals surface area contributed by atoms with Crippen molar-refractivity contribution >= 4 is 12.1 Å². The summed E-state index contributed by atoms with van der Waals surface area (Å²) in [4.78, 5) is 24.8. The number of furan rings is 1. The van der Waals surface area contributed by atoms with Gasteiger partial charge in [0.1, 0.15) is 11.4 Å². The molecule has 1 aromatic rings. The summed E-state index contributed by atoms with van der Waals surface area (Å²) in [5.74, 6) is -1.36. The first-order valence-electron chi connectivity index (χ1n) is 6.52. The normalized spacial score (nSPS) is 22.9. The highest BCUT2D eigenvalue weighted by molar-refractivity contribution is 5.75. The molecule has 110 valence electrons. The van der Waals surface area contributed by atoms with Gasteiger partial charge in [0, 0.05) is 19.0 Å². The number of hydrogen-bond acceptors (Lipinski definition) is 4. The van der Waals surface area contributed by atoms with Crippen LogP contribution in [-0.2, 0) is 9.53 Å². The third-order valence-corrected chi connectivity index (χ3v) is 3.20. The standard InChI is InChI=1S/C14H19NO5/c1-14(2,3)20-13(18)15-7-9(10(8-15)12(16)17)11-5-4-6-19-11/h4-6,9-10H,7-8H2,1-3H3,(H,16,17)/t9-,10-/m0/s1. The van der Waals surface area contributed by atoms with E-state index in [0.29, 0.717) is 12.3 Å². The molecule has 1 aromatic heterocycles. The number of rotatable bonds is 2. The highest BCUT2D eigenvalue weighted by Crippen LogP contribution is 2.33. The first-order valence-corrected chi connectivity index (χ1v) is 6.52. The molecule has 1 amide bonds. The molecular formula is C14H19NO5. The van der Waals surface area contributed by atoms with Crippen molar-refractivity contribution in [2.75, 3.05) is 13.1 Å². The van der Waals surface area contributed by atoms with Gasteiger partial charge in [0.2, 0.25) is 0 Å². The van der Waals surface area contributed by atoms with Crippen molar-refractivity contribution in [1.82, 2.24) is 4.90 Å². The van der Waals surface area contributed by atoms with Gasteiger partial charge in [0.25, 0.3) is 0 Å². The van der Waals surface area contributed by atoms with Crippen molar-refractivity contribution in [1.29, 1.82) is 0 Å². The Kier molecular flexibility index (Phi) is 3.74. The second-order valence-corrected chi connectivity index (χ2v) is 5.95. The maximum atomic E-state index is 12.0. The molecule has 2 rings (SSSR count). The van der Waals surface area contributed by atoms with Gasteiger partial charge >= 0.3 is 12.1 Å². The maximum Gasteiger partial charge on any atom is 0.410 e. The van der Waals surface area contributed by atoms with Crippen LogP contribution in [0.1, 0.15) is 32.4 Å². The summed E-state index contributed by atoms with van der Waals surface area (Å²) in [6, 6.07) is 3.45. The van der Waals surface area contributed by atoms with Crippen LogP contribution >= 0.6 is 0 Å². The minimum Gasteiger partial charge on any atom is -0.481 e. The number of aliphatic carboxylic acids is 1. The number of carboxylic acid groups (broad SMARTS) is 1. The lowest BCUT2D eigenvalue weighted by Gasteiger charge is -2.24. The Balaban J connectivity index is 2.12. The van der Waals surface area contributed by atoms with E-state index in [4.69, 9.17) is 9.15 Å². The molecule has 2 atom stereocenters. The predicted octanol–water partition coefficient (Wildman–Crippen LogP) is 2.31. The zero-order valence-corrected chi connectivity index (χ0v) is 11.8. The SMILES string of the molecule is CC(C)(C)OC(=O)N1C[C@H](C(=O)O)[C@@H](c2ccco2)C1. The van der Waals surface area contributed by atoms with Crippen LogP contribution in [0.15, 0.2) is 22.8 Å².